The van der Waals surface area contributed by atoms with Crippen LogP contribution in [0.25, 0.3) is 0 Å². The van der Waals surface area contributed by atoms with Gasteiger partial charge in [0.25, 0.3) is 5.91 Å². The molecule has 0 saturated carbocycles. The number of benzene rings is 1. The minimum atomic E-state index is -0.504. The van der Waals surface area contributed by atoms with E-state index in [4.69, 9.17) is 4.74 Å². The number of ether oxygens (including phenoxy) is 1. The average molecular weight is 251 g/mol. The number of aliphatic hydroxyl groups excluding tert-OH is 1. The van der Waals surface area contributed by atoms with Crippen LogP contribution in [0.3, 0.4) is 0 Å². The smallest absolute Gasteiger partial charge is 0.258 e. The number of rotatable bonds is 7. The molecule has 0 radical (unpaired) electrons. The van der Waals surface area contributed by atoms with Crippen LogP contribution in [0, 0.1) is 5.92 Å². The molecule has 0 heterocycles. The maximum atomic E-state index is 11.5. The van der Waals surface area contributed by atoms with Gasteiger partial charge in [-0.25, -0.2) is 0 Å². The van der Waals surface area contributed by atoms with Gasteiger partial charge in [0.15, 0.2) is 6.61 Å². The van der Waals surface area contributed by atoms with Gasteiger partial charge in [0.1, 0.15) is 5.75 Å². The average Bonchev–Trinajstić information content (AvgIpc) is 2.42. The molecule has 0 saturated heterocycles. The lowest BCUT2D eigenvalue weighted by molar-refractivity contribution is -0.123. The van der Waals surface area contributed by atoms with Gasteiger partial charge in [0.2, 0.25) is 0 Å². The Morgan fingerprint density at radius 1 is 1.39 bits per heavy atom. The van der Waals surface area contributed by atoms with Crippen LogP contribution < -0.4 is 10.1 Å². The molecule has 1 amide bonds. The third-order valence-electron chi connectivity index (χ3n) is 2.92. The van der Waals surface area contributed by atoms with Gasteiger partial charge in [-0.2, -0.15) is 0 Å². The fraction of sp³-hybridized carbons (Fsp3) is 0.500. The van der Waals surface area contributed by atoms with Gasteiger partial charge in [-0.3, -0.25) is 4.79 Å². The van der Waals surface area contributed by atoms with E-state index in [9.17, 15) is 9.90 Å². The van der Waals surface area contributed by atoms with Crippen LogP contribution in [0.1, 0.15) is 20.3 Å². The summed E-state index contributed by atoms with van der Waals surface area (Å²) in [5.41, 5.74) is 0. The molecule has 18 heavy (non-hydrogen) atoms. The molecular weight excluding hydrogens is 230 g/mol. The zero-order valence-corrected chi connectivity index (χ0v) is 10.9. The van der Waals surface area contributed by atoms with Crippen LogP contribution in [0.4, 0.5) is 0 Å². The first kappa shape index (κ1) is 14.5. The number of nitrogens with one attached hydrogen (secondary N) is 1. The number of para-hydroxylation sites is 1. The molecule has 0 spiro atoms. The van der Waals surface area contributed by atoms with Crippen molar-refractivity contribution in [3.05, 3.63) is 30.3 Å². The molecule has 0 aliphatic heterocycles. The monoisotopic (exact) mass is 251 g/mol. The van der Waals surface area contributed by atoms with E-state index in [2.05, 4.69) is 5.32 Å². The topological polar surface area (TPSA) is 58.6 Å². The summed E-state index contributed by atoms with van der Waals surface area (Å²) < 4.78 is 5.29. The first-order valence-electron chi connectivity index (χ1n) is 6.26. The fourth-order valence-electron chi connectivity index (χ4n) is 1.41. The second-order valence-corrected chi connectivity index (χ2v) is 4.36. The molecule has 100 valence electrons. The number of carbonyl (C=O) groups excluding carboxylic acids is 1. The van der Waals surface area contributed by atoms with Crippen LogP contribution >= 0.6 is 0 Å². The Morgan fingerprint density at radius 2 is 2.06 bits per heavy atom. The number of carbonyl (C=O) groups is 1. The highest BCUT2D eigenvalue weighted by atomic mass is 16.5. The first-order valence-corrected chi connectivity index (χ1v) is 6.26. The van der Waals surface area contributed by atoms with E-state index in [1.807, 2.05) is 32.0 Å². The molecule has 4 heteroatoms. The summed E-state index contributed by atoms with van der Waals surface area (Å²) in [7, 11) is 0. The van der Waals surface area contributed by atoms with Crippen LogP contribution in [0.2, 0.25) is 0 Å². The van der Waals surface area contributed by atoms with E-state index in [0.717, 1.165) is 6.42 Å². The predicted molar refractivity (Wildman–Crippen MR) is 70.4 cm³/mol. The van der Waals surface area contributed by atoms with Gasteiger partial charge in [0.05, 0.1) is 6.10 Å². The second-order valence-electron chi connectivity index (χ2n) is 4.36. The fourth-order valence-corrected chi connectivity index (χ4v) is 1.41. The van der Waals surface area contributed by atoms with E-state index in [-0.39, 0.29) is 25.0 Å². The third-order valence-corrected chi connectivity index (χ3v) is 2.92. The Morgan fingerprint density at radius 3 is 2.67 bits per heavy atom. The van der Waals surface area contributed by atoms with Crippen molar-refractivity contribution >= 4 is 5.91 Å². The van der Waals surface area contributed by atoms with Crippen molar-refractivity contribution < 1.29 is 14.6 Å². The molecule has 1 aromatic carbocycles. The predicted octanol–water partition coefficient (Wildman–Crippen LogP) is 1.59. The SMILES string of the molecule is CCC(C)C(O)CNC(=O)COc1ccccc1. The Kier molecular flexibility index (Phi) is 6.22. The highest BCUT2D eigenvalue weighted by Gasteiger charge is 2.13. The molecule has 1 aromatic rings. The highest BCUT2D eigenvalue weighted by Crippen LogP contribution is 2.08. The van der Waals surface area contributed by atoms with Gasteiger partial charge in [-0.15, -0.1) is 0 Å². The summed E-state index contributed by atoms with van der Waals surface area (Å²) in [6.07, 6.45) is 0.382. The lowest BCUT2D eigenvalue weighted by atomic mass is 10.0. The Bertz CT molecular complexity index is 353. The highest BCUT2D eigenvalue weighted by molar-refractivity contribution is 5.77. The van der Waals surface area contributed by atoms with Gasteiger partial charge < -0.3 is 15.2 Å². The van der Waals surface area contributed by atoms with E-state index in [1.165, 1.54) is 0 Å². The molecule has 2 unspecified atom stereocenters. The van der Waals surface area contributed by atoms with E-state index in [1.54, 1.807) is 12.1 Å². The Labute approximate surface area is 108 Å². The summed E-state index contributed by atoms with van der Waals surface area (Å²) in [5.74, 6) is 0.622. The van der Waals surface area contributed by atoms with Crippen LogP contribution in [0.15, 0.2) is 30.3 Å². The molecule has 4 nitrogen and oxygen atoms in total. The lowest BCUT2D eigenvalue weighted by Crippen LogP contribution is -2.37. The largest absolute Gasteiger partial charge is 0.484 e. The molecule has 1 rings (SSSR count). The zero-order valence-electron chi connectivity index (χ0n) is 10.9. The summed E-state index contributed by atoms with van der Waals surface area (Å²) in [5, 5.41) is 12.4. The maximum absolute atomic E-state index is 11.5. The quantitative estimate of drug-likeness (QED) is 0.773. The molecule has 0 fully saturated rings. The number of hydrogen-bond donors (Lipinski definition) is 2. The van der Waals surface area contributed by atoms with Crippen molar-refractivity contribution in [1.29, 1.82) is 0 Å². The van der Waals surface area contributed by atoms with Crippen molar-refractivity contribution in [3.63, 3.8) is 0 Å². The molecular formula is C14H21NO3. The number of amides is 1. The minimum Gasteiger partial charge on any atom is -0.484 e. The van der Waals surface area contributed by atoms with E-state index >= 15 is 0 Å². The van der Waals surface area contributed by atoms with Crippen molar-refractivity contribution in [2.75, 3.05) is 13.2 Å². The summed E-state index contributed by atoms with van der Waals surface area (Å²) in [6.45, 7) is 4.20. The minimum absolute atomic E-state index is 0.0305. The number of hydrogen-bond acceptors (Lipinski definition) is 3. The van der Waals surface area contributed by atoms with Gasteiger partial charge in [-0.1, -0.05) is 38.5 Å². The molecule has 0 aliphatic carbocycles. The van der Waals surface area contributed by atoms with Crippen molar-refractivity contribution in [1.82, 2.24) is 5.32 Å². The van der Waals surface area contributed by atoms with Crippen LogP contribution in [-0.4, -0.2) is 30.3 Å². The molecule has 0 aromatic heterocycles. The summed E-state index contributed by atoms with van der Waals surface area (Å²) in [6, 6.07) is 9.16. The third kappa shape index (κ3) is 5.19. The van der Waals surface area contributed by atoms with Crippen molar-refractivity contribution in [3.8, 4) is 5.75 Å². The Hall–Kier alpha value is -1.55. The van der Waals surface area contributed by atoms with E-state index in [0.29, 0.717) is 5.75 Å². The second kappa shape index (κ2) is 7.71. The molecule has 2 atom stereocenters. The zero-order chi connectivity index (χ0) is 13.4. The molecule has 0 aliphatic rings. The lowest BCUT2D eigenvalue weighted by Gasteiger charge is -2.17. The summed E-state index contributed by atoms with van der Waals surface area (Å²) >= 11 is 0. The van der Waals surface area contributed by atoms with Crippen LogP contribution in [0.5, 0.6) is 5.75 Å². The standard InChI is InChI=1S/C14H21NO3/c1-3-11(2)13(16)9-15-14(17)10-18-12-7-5-4-6-8-12/h4-8,11,13,16H,3,9-10H2,1-2H3,(H,15,17). The Balaban J connectivity index is 2.22. The van der Waals surface area contributed by atoms with E-state index < -0.39 is 6.10 Å². The first-order chi connectivity index (χ1) is 8.63. The normalized spacial score (nSPS) is 13.7. The number of aliphatic hydroxyl groups is 1. The van der Waals surface area contributed by atoms with Gasteiger partial charge in [0, 0.05) is 6.54 Å². The van der Waals surface area contributed by atoms with Crippen LogP contribution in [-0.2, 0) is 4.79 Å². The maximum Gasteiger partial charge on any atom is 0.258 e. The van der Waals surface area contributed by atoms with Gasteiger partial charge >= 0.3 is 0 Å². The van der Waals surface area contributed by atoms with Gasteiger partial charge in [-0.05, 0) is 18.1 Å². The molecule has 2 N–H and O–H groups in total. The van der Waals surface area contributed by atoms with Crippen molar-refractivity contribution in [2.45, 2.75) is 26.4 Å². The van der Waals surface area contributed by atoms with Crippen molar-refractivity contribution in [2.24, 2.45) is 5.92 Å². The molecule has 0 bridgehead atoms. The summed E-state index contributed by atoms with van der Waals surface area (Å²) in [4.78, 5) is 11.5.